The number of carbonyl (C=O) groups excluding carboxylic acids is 1. The number of morpholine rings is 1. The number of benzene rings is 2. The molecule has 166 valence electrons. The average molecular weight is 453 g/mol. The van der Waals surface area contributed by atoms with Crippen molar-refractivity contribution >= 4 is 28.5 Å². The fraction of sp³-hybridized carbons (Fsp3) is 0.360. The van der Waals surface area contributed by atoms with E-state index in [9.17, 15) is 9.59 Å². The third-order valence-corrected chi connectivity index (χ3v) is 6.50. The molecule has 0 bridgehead atoms. The minimum absolute atomic E-state index is 0.141. The van der Waals surface area contributed by atoms with Crippen LogP contribution in [0.4, 0.5) is 0 Å². The Morgan fingerprint density at radius 1 is 1.06 bits per heavy atom. The van der Waals surface area contributed by atoms with Gasteiger partial charge in [-0.05, 0) is 43.2 Å². The van der Waals surface area contributed by atoms with Crippen LogP contribution in [0.15, 0.2) is 51.7 Å². The van der Waals surface area contributed by atoms with Crippen LogP contribution in [0, 0.1) is 6.92 Å². The largest absolute Gasteiger partial charge is 0.450 e. The molecule has 3 aromatic rings. The van der Waals surface area contributed by atoms with E-state index in [-0.39, 0.29) is 17.1 Å². The van der Waals surface area contributed by atoms with Crippen molar-refractivity contribution in [2.75, 3.05) is 39.4 Å². The van der Waals surface area contributed by atoms with Gasteiger partial charge in [-0.25, -0.2) is 0 Å². The predicted octanol–water partition coefficient (Wildman–Crippen LogP) is 4.02. The molecule has 0 spiro atoms. The van der Waals surface area contributed by atoms with Crippen LogP contribution in [-0.4, -0.2) is 55.1 Å². The number of hydrogen-bond donors (Lipinski definition) is 0. The fourth-order valence-corrected chi connectivity index (χ4v) is 4.88. The van der Waals surface area contributed by atoms with Crippen LogP contribution in [-0.2, 0) is 4.74 Å². The first-order valence-corrected chi connectivity index (χ1v) is 11.3. The van der Waals surface area contributed by atoms with Crippen molar-refractivity contribution in [1.82, 2.24) is 9.80 Å². The van der Waals surface area contributed by atoms with E-state index < -0.39 is 6.04 Å². The van der Waals surface area contributed by atoms with Gasteiger partial charge in [0.1, 0.15) is 5.58 Å². The number of ether oxygens (including phenoxy) is 1. The van der Waals surface area contributed by atoms with Crippen molar-refractivity contribution in [3.63, 3.8) is 0 Å². The lowest BCUT2D eigenvalue weighted by Crippen LogP contribution is -2.38. The van der Waals surface area contributed by atoms with Crippen molar-refractivity contribution in [2.45, 2.75) is 19.4 Å². The topological polar surface area (TPSA) is 63.0 Å². The molecule has 1 fully saturated rings. The van der Waals surface area contributed by atoms with Crippen LogP contribution >= 0.6 is 11.6 Å². The average Bonchev–Trinajstić information content (AvgIpc) is 3.07. The second kappa shape index (κ2) is 8.70. The van der Waals surface area contributed by atoms with Crippen LogP contribution in [0.1, 0.15) is 39.7 Å². The Morgan fingerprint density at radius 3 is 2.66 bits per heavy atom. The molecular formula is C25H25ClN2O4. The minimum atomic E-state index is -0.512. The third-order valence-electron chi connectivity index (χ3n) is 6.26. The summed E-state index contributed by atoms with van der Waals surface area (Å²) in [5, 5.41) is 1.07. The highest BCUT2D eigenvalue weighted by molar-refractivity contribution is 6.30. The van der Waals surface area contributed by atoms with Gasteiger partial charge in [0.2, 0.25) is 5.76 Å². The van der Waals surface area contributed by atoms with Gasteiger partial charge in [-0.1, -0.05) is 35.4 Å². The second-order valence-electron chi connectivity index (χ2n) is 8.44. The first kappa shape index (κ1) is 21.2. The molecule has 6 nitrogen and oxygen atoms in total. The van der Waals surface area contributed by atoms with Crippen molar-refractivity contribution in [3.05, 3.63) is 80.2 Å². The maximum absolute atomic E-state index is 13.6. The van der Waals surface area contributed by atoms with Crippen LogP contribution in [0.5, 0.6) is 0 Å². The second-order valence-corrected chi connectivity index (χ2v) is 8.87. The predicted molar refractivity (Wildman–Crippen MR) is 123 cm³/mol. The monoisotopic (exact) mass is 452 g/mol. The summed E-state index contributed by atoms with van der Waals surface area (Å²) in [5.41, 5.74) is 2.47. The Hall–Kier alpha value is -2.67. The molecule has 2 aliphatic heterocycles. The molecule has 1 saturated heterocycles. The van der Waals surface area contributed by atoms with E-state index in [1.807, 2.05) is 37.3 Å². The highest BCUT2D eigenvalue weighted by Gasteiger charge is 2.42. The molecule has 1 atom stereocenters. The summed E-state index contributed by atoms with van der Waals surface area (Å²) >= 11 is 6.27. The Bertz CT molecular complexity index is 1230. The molecular weight excluding hydrogens is 428 g/mol. The van der Waals surface area contributed by atoms with Crippen molar-refractivity contribution in [2.24, 2.45) is 0 Å². The lowest BCUT2D eigenvalue weighted by molar-refractivity contribution is 0.0353. The molecule has 0 unspecified atom stereocenters. The number of halogens is 1. The van der Waals surface area contributed by atoms with Crippen LogP contribution < -0.4 is 5.43 Å². The molecule has 0 aliphatic carbocycles. The van der Waals surface area contributed by atoms with Crippen molar-refractivity contribution in [1.29, 1.82) is 0 Å². The SMILES string of the molecule is Cc1ccc2oc3c(c(=O)c2c1)[C@H](c1cccc(Cl)c1)N(CCCN1CCOCC1)C3=O. The summed E-state index contributed by atoms with van der Waals surface area (Å²) < 4.78 is 11.4. The number of nitrogens with zero attached hydrogens (tertiary/aromatic N) is 2. The fourth-order valence-electron chi connectivity index (χ4n) is 4.68. The minimum Gasteiger partial charge on any atom is -0.450 e. The Kier molecular flexibility index (Phi) is 5.76. The molecule has 5 rings (SSSR count). The van der Waals surface area contributed by atoms with Gasteiger partial charge in [-0.2, -0.15) is 0 Å². The van der Waals surface area contributed by atoms with E-state index in [4.69, 9.17) is 20.8 Å². The van der Waals surface area contributed by atoms with E-state index in [1.54, 1.807) is 17.0 Å². The summed E-state index contributed by atoms with van der Waals surface area (Å²) in [7, 11) is 0. The number of amides is 1. The first-order valence-electron chi connectivity index (χ1n) is 11.0. The molecule has 3 heterocycles. The molecule has 2 aromatic carbocycles. The Balaban J connectivity index is 1.54. The van der Waals surface area contributed by atoms with Gasteiger partial charge in [0.15, 0.2) is 5.43 Å². The van der Waals surface area contributed by atoms with Crippen molar-refractivity contribution in [3.8, 4) is 0 Å². The van der Waals surface area contributed by atoms with Crippen LogP contribution in [0.25, 0.3) is 11.0 Å². The zero-order chi connectivity index (χ0) is 22.2. The number of aryl methyl sites for hydroxylation is 1. The van der Waals surface area contributed by atoms with E-state index >= 15 is 0 Å². The summed E-state index contributed by atoms with van der Waals surface area (Å²) in [6.45, 7) is 6.60. The summed E-state index contributed by atoms with van der Waals surface area (Å²) in [4.78, 5) is 31.1. The number of hydrogen-bond acceptors (Lipinski definition) is 5. The van der Waals surface area contributed by atoms with Gasteiger partial charge in [0, 0.05) is 31.2 Å². The smallest absolute Gasteiger partial charge is 0.290 e. The van der Waals surface area contributed by atoms with E-state index in [0.29, 0.717) is 28.1 Å². The number of carbonyl (C=O) groups is 1. The molecule has 0 saturated carbocycles. The zero-order valence-corrected chi connectivity index (χ0v) is 18.7. The maximum atomic E-state index is 13.6. The van der Waals surface area contributed by atoms with E-state index in [2.05, 4.69) is 4.90 Å². The molecule has 1 aromatic heterocycles. The Morgan fingerprint density at radius 2 is 1.88 bits per heavy atom. The van der Waals surface area contributed by atoms with Gasteiger partial charge >= 0.3 is 0 Å². The van der Waals surface area contributed by atoms with Crippen molar-refractivity contribution < 1.29 is 13.9 Å². The molecule has 0 radical (unpaired) electrons. The van der Waals surface area contributed by atoms with Gasteiger partial charge in [-0.3, -0.25) is 14.5 Å². The lowest BCUT2D eigenvalue weighted by atomic mass is 9.98. The highest BCUT2D eigenvalue weighted by atomic mass is 35.5. The summed E-state index contributed by atoms with van der Waals surface area (Å²) in [6, 6.07) is 12.3. The molecule has 2 aliphatic rings. The lowest BCUT2D eigenvalue weighted by Gasteiger charge is -2.29. The Labute approximate surface area is 191 Å². The van der Waals surface area contributed by atoms with E-state index in [0.717, 1.165) is 50.4 Å². The number of fused-ring (bicyclic) bond motifs is 2. The van der Waals surface area contributed by atoms with Gasteiger partial charge in [0.25, 0.3) is 5.91 Å². The zero-order valence-electron chi connectivity index (χ0n) is 18.0. The third kappa shape index (κ3) is 3.83. The van der Waals surface area contributed by atoms with Crippen LogP contribution in [0.2, 0.25) is 5.02 Å². The standard InChI is InChI=1S/C25H25ClN2O4/c1-16-6-7-20-19(14-16)23(29)21-22(17-4-2-5-18(26)15-17)28(25(30)24(21)32-20)9-3-8-27-10-12-31-13-11-27/h2,4-7,14-15,22H,3,8-13H2,1H3/t22-/m0/s1. The normalized spacial score (nSPS) is 19.0. The highest BCUT2D eigenvalue weighted by Crippen LogP contribution is 2.38. The molecule has 7 heteroatoms. The first-order chi connectivity index (χ1) is 15.5. The van der Waals surface area contributed by atoms with Gasteiger partial charge in [0.05, 0.1) is 30.2 Å². The quantitative estimate of drug-likeness (QED) is 0.585. The maximum Gasteiger partial charge on any atom is 0.290 e. The van der Waals surface area contributed by atoms with E-state index in [1.165, 1.54) is 0 Å². The summed E-state index contributed by atoms with van der Waals surface area (Å²) in [6.07, 6.45) is 0.795. The van der Waals surface area contributed by atoms with Gasteiger partial charge in [-0.15, -0.1) is 0 Å². The van der Waals surface area contributed by atoms with Gasteiger partial charge < -0.3 is 14.1 Å². The molecule has 1 amide bonds. The summed E-state index contributed by atoms with van der Waals surface area (Å²) in [5.74, 6) is -0.103. The molecule has 0 N–H and O–H groups in total. The van der Waals surface area contributed by atoms with Crippen LogP contribution in [0.3, 0.4) is 0 Å². The number of rotatable bonds is 5. The molecule has 32 heavy (non-hydrogen) atoms.